The molecule has 3 heterocycles. The van der Waals surface area contributed by atoms with Gasteiger partial charge in [0.25, 0.3) is 0 Å². The van der Waals surface area contributed by atoms with Gasteiger partial charge in [-0.15, -0.1) is 0 Å². The van der Waals surface area contributed by atoms with Crippen LogP contribution in [0, 0.1) is 5.92 Å². The Morgan fingerprint density at radius 2 is 1.75 bits per heavy atom. The molecular weight excluding hydrogens is 356 g/mol. The van der Waals surface area contributed by atoms with Crippen molar-refractivity contribution in [3.63, 3.8) is 0 Å². The lowest BCUT2D eigenvalue weighted by molar-refractivity contribution is -0.151. The van der Waals surface area contributed by atoms with E-state index in [-0.39, 0.29) is 12.1 Å². The number of carbonyl (C=O) groups excluding carboxylic acids is 2. The molecule has 1 aliphatic carbocycles. The third kappa shape index (κ3) is 4.82. The normalized spacial score (nSPS) is 22.2. The number of aromatic nitrogens is 1. The number of nitrogens with zero attached hydrogens (tertiary/aromatic N) is 3. The molecule has 2 aliphatic heterocycles. The number of amides is 1. The van der Waals surface area contributed by atoms with Crippen LogP contribution in [0.25, 0.3) is 0 Å². The van der Waals surface area contributed by atoms with Crippen molar-refractivity contribution in [1.82, 2.24) is 9.88 Å². The topological polar surface area (TPSA) is 88.8 Å². The highest BCUT2D eigenvalue weighted by Crippen LogP contribution is 2.32. The van der Waals surface area contributed by atoms with Crippen LogP contribution in [-0.2, 0) is 9.53 Å². The molecule has 0 atom stereocenters. The number of carbonyl (C=O) groups is 2. The van der Waals surface area contributed by atoms with Gasteiger partial charge in [0.15, 0.2) is 0 Å². The first-order chi connectivity index (χ1) is 13.6. The summed E-state index contributed by atoms with van der Waals surface area (Å²) in [6, 6.07) is 4.35. The first-order valence-corrected chi connectivity index (χ1v) is 10.5. The van der Waals surface area contributed by atoms with E-state index < -0.39 is 5.91 Å². The van der Waals surface area contributed by atoms with Crippen LogP contribution in [0.2, 0.25) is 0 Å². The quantitative estimate of drug-likeness (QED) is 0.752. The molecule has 152 valence electrons. The van der Waals surface area contributed by atoms with Gasteiger partial charge in [-0.2, -0.15) is 0 Å². The zero-order valence-electron chi connectivity index (χ0n) is 16.4. The predicted octanol–water partition coefficient (Wildman–Crippen LogP) is 1.96. The molecule has 7 nitrogen and oxygen atoms in total. The fourth-order valence-electron chi connectivity index (χ4n) is 4.35. The number of esters is 1. The molecule has 2 N–H and O–H groups in total. The molecule has 1 aromatic heterocycles. The molecule has 0 aromatic carbocycles. The Hall–Kier alpha value is -2.15. The Bertz CT molecular complexity index is 688. The number of ether oxygens (including phenoxy) is 1. The number of hydrogen-bond donors (Lipinski definition) is 1. The molecule has 4 rings (SSSR count). The maximum absolute atomic E-state index is 12.4. The molecular formula is C21H30N4O3. The van der Waals surface area contributed by atoms with Crippen molar-refractivity contribution < 1.29 is 14.3 Å². The van der Waals surface area contributed by atoms with Gasteiger partial charge >= 0.3 is 5.97 Å². The van der Waals surface area contributed by atoms with E-state index in [0.717, 1.165) is 63.7 Å². The van der Waals surface area contributed by atoms with Crippen LogP contribution >= 0.6 is 0 Å². The number of likely N-dealkylation sites (tertiary alicyclic amines) is 1. The van der Waals surface area contributed by atoms with Crippen molar-refractivity contribution in [3.8, 4) is 0 Å². The number of primary amides is 1. The summed E-state index contributed by atoms with van der Waals surface area (Å²) < 4.78 is 5.75. The van der Waals surface area contributed by atoms with Gasteiger partial charge in [0.1, 0.15) is 11.9 Å². The fourth-order valence-corrected chi connectivity index (χ4v) is 4.35. The van der Waals surface area contributed by atoms with Crippen molar-refractivity contribution in [3.05, 3.63) is 23.9 Å². The average Bonchev–Trinajstić information content (AvgIpc) is 3.54. The van der Waals surface area contributed by atoms with Crippen molar-refractivity contribution in [2.75, 3.05) is 31.1 Å². The second-order valence-electron chi connectivity index (χ2n) is 8.36. The summed E-state index contributed by atoms with van der Waals surface area (Å²) in [5.74, 6) is 0.808. The minimum absolute atomic E-state index is 0.000181. The van der Waals surface area contributed by atoms with Crippen molar-refractivity contribution in [1.29, 1.82) is 0 Å². The molecule has 0 unspecified atom stereocenters. The van der Waals surface area contributed by atoms with Crippen molar-refractivity contribution >= 4 is 17.7 Å². The first-order valence-electron chi connectivity index (χ1n) is 10.5. The summed E-state index contributed by atoms with van der Waals surface area (Å²) in [6.07, 6.45) is 8.66. The highest BCUT2D eigenvalue weighted by molar-refractivity contribution is 5.92. The lowest BCUT2D eigenvalue weighted by atomic mass is 9.93. The minimum atomic E-state index is -0.470. The predicted molar refractivity (Wildman–Crippen MR) is 106 cm³/mol. The van der Waals surface area contributed by atoms with E-state index in [2.05, 4.69) is 14.8 Å². The second kappa shape index (κ2) is 8.47. The number of nitrogens with two attached hydrogens (primary N) is 1. The van der Waals surface area contributed by atoms with E-state index in [4.69, 9.17) is 10.5 Å². The summed E-state index contributed by atoms with van der Waals surface area (Å²) >= 11 is 0. The van der Waals surface area contributed by atoms with Gasteiger partial charge in [0.2, 0.25) is 5.91 Å². The zero-order valence-corrected chi connectivity index (χ0v) is 16.4. The standard InChI is InChI=1S/C21H30N4O3/c22-21(27)16-1-4-19(23-14-16)25-11-7-18(8-12-25)28-20(26)13-15-5-9-24(10-6-15)17-2-3-17/h1,4,14-15,17-18H,2-3,5-13H2,(H2,22,27). The Balaban J connectivity index is 1.17. The zero-order chi connectivity index (χ0) is 19.5. The van der Waals surface area contributed by atoms with Crippen LogP contribution in [0.3, 0.4) is 0 Å². The lowest BCUT2D eigenvalue weighted by Gasteiger charge is -2.34. The molecule has 28 heavy (non-hydrogen) atoms. The average molecular weight is 386 g/mol. The van der Waals surface area contributed by atoms with Gasteiger partial charge < -0.3 is 20.3 Å². The first kappa shape index (κ1) is 19.2. The Morgan fingerprint density at radius 1 is 1.04 bits per heavy atom. The van der Waals surface area contributed by atoms with Crippen LogP contribution < -0.4 is 10.6 Å². The van der Waals surface area contributed by atoms with E-state index in [1.807, 2.05) is 6.07 Å². The highest BCUT2D eigenvalue weighted by Gasteiger charge is 2.32. The summed E-state index contributed by atoms with van der Waals surface area (Å²) in [7, 11) is 0. The number of anilines is 1. The highest BCUT2D eigenvalue weighted by atomic mass is 16.5. The molecule has 3 fully saturated rings. The molecule has 1 amide bonds. The van der Waals surface area contributed by atoms with E-state index in [9.17, 15) is 9.59 Å². The van der Waals surface area contributed by atoms with E-state index in [1.54, 1.807) is 6.07 Å². The van der Waals surface area contributed by atoms with Gasteiger partial charge in [-0.25, -0.2) is 4.98 Å². The van der Waals surface area contributed by atoms with Crippen LogP contribution in [0.5, 0.6) is 0 Å². The summed E-state index contributed by atoms with van der Waals surface area (Å²) in [6.45, 7) is 3.87. The summed E-state index contributed by atoms with van der Waals surface area (Å²) in [5.41, 5.74) is 5.67. The molecule has 0 spiro atoms. The van der Waals surface area contributed by atoms with Crippen LogP contribution in [0.4, 0.5) is 5.82 Å². The van der Waals surface area contributed by atoms with Gasteiger partial charge in [0, 0.05) is 44.6 Å². The molecule has 3 aliphatic rings. The molecule has 2 saturated heterocycles. The molecule has 1 saturated carbocycles. The SMILES string of the molecule is NC(=O)c1ccc(N2CCC(OC(=O)CC3CCN(C4CC4)CC3)CC2)nc1. The molecule has 1 aromatic rings. The molecule has 0 bridgehead atoms. The van der Waals surface area contributed by atoms with Gasteiger partial charge in [-0.05, 0) is 56.8 Å². The van der Waals surface area contributed by atoms with Crippen LogP contribution in [-0.4, -0.2) is 60.1 Å². The summed E-state index contributed by atoms with van der Waals surface area (Å²) in [4.78, 5) is 32.6. The fraction of sp³-hybridized carbons (Fsp3) is 0.667. The Labute approximate surface area is 166 Å². The minimum Gasteiger partial charge on any atom is -0.462 e. The number of piperidine rings is 2. The smallest absolute Gasteiger partial charge is 0.306 e. The third-order valence-corrected chi connectivity index (χ3v) is 6.26. The Kier molecular flexibility index (Phi) is 5.80. The summed E-state index contributed by atoms with van der Waals surface area (Å²) in [5, 5.41) is 0. The number of hydrogen-bond acceptors (Lipinski definition) is 6. The van der Waals surface area contributed by atoms with E-state index in [0.29, 0.717) is 17.9 Å². The third-order valence-electron chi connectivity index (χ3n) is 6.26. The number of rotatable bonds is 6. The van der Waals surface area contributed by atoms with Gasteiger partial charge in [-0.3, -0.25) is 9.59 Å². The largest absolute Gasteiger partial charge is 0.462 e. The van der Waals surface area contributed by atoms with Gasteiger partial charge in [-0.1, -0.05) is 0 Å². The maximum Gasteiger partial charge on any atom is 0.306 e. The molecule has 7 heteroatoms. The maximum atomic E-state index is 12.4. The molecule has 0 radical (unpaired) electrons. The Morgan fingerprint density at radius 3 is 2.32 bits per heavy atom. The van der Waals surface area contributed by atoms with Crippen molar-refractivity contribution in [2.24, 2.45) is 11.7 Å². The van der Waals surface area contributed by atoms with Gasteiger partial charge in [0.05, 0.1) is 5.56 Å². The van der Waals surface area contributed by atoms with E-state index >= 15 is 0 Å². The van der Waals surface area contributed by atoms with Crippen molar-refractivity contribution in [2.45, 2.75) is 57.1 Å². The van der Waals surface area contributed by atoms with E-state index in [1.165, 1.54) is 19.0 Å². The monoisotopic (exact) mass is 386 g/mol. The van der Waals surface area contributed by atoms with Crippen LogP contribution in [0.15, 0.2) is 18.3 Å². The second-order valence-corrected chi connectivity index (χ2v) is 8.36. The van der Waals surface area contributed by atoms with Crippen LogP contribution in [0.1, 0.15) is 55.3 Å². The lowest BCUT2D eigenvalue weighted by Crippen LogP contribution is -2.39. The number of pyridine rings is 1.